The Morgan fingerprint density at radius 1 is 1.09 bits per heavy atom. The predicted octanol–water partition coefficient (Wildman–Crippen LogP) is 0.889. The van der Waals surface area contributed by atoms with Gasteiger partial charge in [0.05, 0.1) is 23.8 Å². The Balaban J connectivity index is 0.00000506. The molecule has 43 heavy (non-hydrogen) atoms. The third kappa shape index (κ3) is 5.24. The minimum absolute atomic E-state index is 0. The number of likely N-dealkylation sites (N-methyl/N-ethyl adjacent to an activating group) is 2. The number of ketones is 2. The largest absolute Gasteiger partial charge is 0.510 e. The number of primary amides is 1. The van der Waals surface area contributed by atoms with Gasteiger partial charge < -0.3 is 36.4 Å². The Morgan fingerprint density at radius 3 is 2.21 bits per heavy atom. The van der Waals surface area contributed by atoms with Crippen LogP contribution in [0.3, 0.4) is 0 Å². The van der Waals surface area contributed by atoms with Gasteiger partial charge in [-0.25, -0.2) is 0 Å². The van der Waals surface area contributed by atoms with Gasteiger partial charge in [0.1, 0.15) is 17.1 Å². The molecule has 13 nitrogen and oxygen atoms in total. The van der Waals surface area contributed by atoms with Crippen LogP contribution in [0.4, 0.5) is 11.4 Å². The van der Waals surface area contributed by atoms with Crippen molar-refractivity contribution in [3.05, 3.63) is 39.9 Å². The standard InChI is InChI=1S/C29H39N5O8.ClH/c1-7-34(8-2)12-18(35)31-16-11-17(32(3)4)14-9-13-10-15-22(33(5)6)25(38)21(28(30)41)27(40)29(15,42)26(39)19(13)24(37)20(14)23(16)36;/h11,13,15,22,36,38-39,42H,7-10,12H2,1-6H3,(H2,30,41)(H,31,35);1H/t13?,15?,22-,29-;/m0./s1. The number of phenols is 1. The molecule has 4 atom stereocenters. The van der Waals surface area contributed by atoms with Gasteiger partial charge in [-0.1, -0.05) is 13.8 Å². The number of allylic oxidation sites excluding steroid dienone is 1. The number of aliphatic hydroxyl groups is 3. The molecule has 0 heterocycles. The van der Waals surface area contributed by atoms with E-state index >= 15 is 0 Å². The number of benzene rings is 1. The molecule has 7 N–H and O–H groups in total. The van der Waals surface area contributed by atoms with E-state index in [-0.39, 0.29) is 48.6 Å². The summed E-state index contributed by atoms with van der Waals surface area (Å²) in [6, 6.07) is 0.510. The Bertz CT molecular complexity index is 1430. The SMILES string of the molecule is CCN(CC)CC(=O)Nc1cc(N(C)C)c2c(c1O)C(=O)C1=C(O)[C@]3(O)C(=O)C(C(N)=O)=C(O)[C@@H](N(C)C)C3CC1C2.Cl. The second kappa shape index (κ2) is 12.2. The Hall–Kier alpha value is -3.65. The number of carbonyl (C=O) groups excluding carboxylic acids is 4. The molecule has 3 aliphatic rings. The lowest BCUT2D eigenvalue weighted by Gasteiger charge is -2.50. The van der Waals surface area contributed by atoms with E-state index in [2.05, 4.69) is 5.32 Å². The van der Waals surface area contributed by atoms with E-state index in [9.17, 15) is 39.6 Å². The van der Waals surface area contributed by atoms with Crippen molar-refractivity contribution in [1.29, 1.82) is 0 Å². The van der Waals surface area contributed by atoms with E-state index in [1.54, 1.807) is 39.2 Å². The Kier molecular flexibility index (Phi) is 9.57. The van der Waals surface area contributed by atoms with E-state index in [0.717, 1.165) is 0 Å². The predicted molar refractivity (Wildman–Crippen MR) is 162 cm³/mol. The van der Waals surface area contributed by atoms with Crippen molar-refractivity contribution < 1.29 is 39.6 Å². The quantitative estimate of drug-likeness (QED) is 0.178. The number of halogens is 1. The Morgan fingerprint density at radius 2 is 1.70 bits per heavy atom. The summed E-state index contributed by atoms with van der Waals surface area (Å²) in [5.41, 5.74) is 2.39. The topological polar surface area (TPSA) is 197 Å². The molecule has 0 aromatic heterocycles. The van der Waals surface area contributed by atoms with Gasteiger partial charge in [0.2, 0.25) is 11.7 Å². The fraction of sp³-hybridized carbons (Fsp3) is 0.517. The van der Waals surface area contributed by atoms with E-state index in [4.69, 9.17) is 5.73 Å². The third-order valence-corrected chi connectivity index (χ3v) is 8.72. The smallest absolute Gasteiger partial charge is 0.255 e. The van der Waals surface area contributed by atoms with Crippen LogP contribution < -0.4 is 16.0 Å². The number of phenolic OH excluding ortho intramolecular Hbond substituents is 1. The van der Waals surface area contributed by atoms with Crippen molar-refractivity contribution >= 4 is 47.2 Å². The van der Waals surface area contributed by atoms with E-state index in [1.165, 1.54) is 4.90 Å². The number of rotatable bonds is 8. The lowest BCUT2D eigenvalue weighted by Crippen LogP contribution is -2.63. The van der Waals surface area contributed by atoms with Crippen molar-refractivity contribution in [2.24, 2.45) is 17.6 Å². The minimum Gasteiger partial charge on any atom is -0.510 e. The molecular weight excluding hydrogens is 582 g/mol. The number of amides is 2. The number of nitrogens with one attached hydrogen (secondary N) is 1. The lowest BCUT2D eigenvalue weighted by atomic mass is 9.58. The average Bonchev–Trinajstić information content (AvgIpc) is 2.90. The molecular formula is C29H40ClN5O8. The first-order valence-electron chi connectivity index (χ1n) is 13.8. The van der Waals surface area contributed by atoms with Crippen LogP contribution in [0.25, 0.3) is 0 Å². The van der Waals surface area contributed by atoms with Gasteiger partial charge in [-0.15, -0.1) is 12.4 Å². The summed E-state index contributed by atoms with van der Waals surface area (Å²) >= 11 is 0. The summed E-state index contributed by atoms with van der Waals surface area (Å²) in [5, 5.41) is 48.1. The first-order chi connectivity index (χ1) is 19.6. The molecule has 236 valence electrons. The van der Waals surface area contributed by atoms with Crippen LogP contribution in [0.2, 0.25) is 0 Å². The minimum atomic E-state index is -2.72. The highest BCUT2D eigenvalue weighted by Gasteiger charge is 2.63. The highest BCUT2D eigenvalue weighted by molar-refractivity contribution is 6.25. The number of aromatic hydroxyl groups is 1. The number of Topliss-reactive ketones (excluding diaryl/α,β-unsaturated/α-hetero) is 2. The van der Waals surface area contributed by atoms with Crippen LogP contribution in [0.1, 0.15) is 36.2 Å². The molecule has 0 fully saturated rings. The monoisotopic (exact) mass is 621 g/mol. The molecule has 0 bridgehead atoms. The molecule has 0 saturated heterocycles. The van der Waals surface area contributed by atoms with Gasteiger partial charge in [0.25, 0.3) is 5.91 Å². The van der Waals surface area contributed by atoms with E-state index in [1.807, 2.05) is 18.7 Å². The Labute approximate surface area is 256 Å². The van der Waals surface area contributed by atoms with Crippen LogP contribution in [0.15, 0.2) is 28.7 Å². The molecule has 0 spiro atoms. The molecule has 0 saturated carbocycles. The third-order valence-electron chi connectivity index (χ3n) is 8.72. The molecule has 2 amide bonds. The molecule has 0 radical (unpaired) electrons. The maximum absolute atomic E-state index is 14.1. The average molecular weight is 622 g/mol. The van der Waals surface area contributed by atoms with Crippen LogP contribution in [0, 0.1) is 11.8 Å². The van der Waals surface area contributed by atoms with E-state index < -0.39 is 69.7 Å². The summed E-state index contributed by atoms with van der Waals surface area (Å²) in [5.74, 6) is -7.67. The first-order valence-corrected chi connectivity index (χ1v) is 13.8. The zero-order valence-corrected chi connectivity index (χ0v) is 25.9. The van der Waals surface area contributed by atoms with Crippen LogP contribution >= 0.6 is 12.4 Å². The molecule has 14 heteroatoms. The molecule has 3 aliphatic carbocycles. The van der Waals surface area contributed by atoms with Gasteiger partial charge in [-0.3, -0.25) is 29.0 Å². The number of carbonyl (C=O) groups is 4. The first kappa shape index (κ1) is 33.8. The highest BCUT2D eigenvalue weighted by atomic mass is 35.5. The fourth-order valence-electron chi connectivity index (χ4n) is 6.63. The van der Waals surface area contributed by atoms with Crippen LogP contribution in [0.5, 0.6) is 5.75 Å². The molecule has 2 unspecified atom stereocenters. The number of nitrogens with zero attached hydrogens (tertiary/aromatic N) is 3. The van der Waals surface area contributed by atoms with Gasteiger partial charge in [-0.05, 0) is 57.6 Å². The number of aliphatic hydroxyl groups excluding tert-OH is 2. The molecule has 4 rings (SSSR count). The second-order valence-corrected chi connectivity index (χ2v) is 11.5. The number of nitrogens with two attached hydrogens (primary N) is 1. The normalized spacial score (nSPS) is 24.8. The van der Waals surface area contributed by atoms with Crippen molar-refractivity contribution in [1.82, 2.24) is 9.80 Å². The molecule has 1 aromatic carbocycles. The van der Waals surface area contributed by atoms with Gasteiger partial charge >= 0.3 is 0 Å². The van der Waals surface area contributed by atoms with Gasteiger partial charge in [0, 0.05) is 31.3 Å². The summed E-state index contributed by atoms with van der Waals surface area (Å²) in [6.07, 6.45) is 0.130. The van der Waals surface area contributed by atoms with Crippen molar-refractivity contribution in [2.75, 3.05) is 58.0 Å². The zero-order chi connectivity index (χ0) is 31.4. The number of hydrogen-bond acceptors (Lipinski definition) is 11. The van der Waals surface area contributed by atoms with Crippen LogP contribution in [-0.4, -0.2) is 113 Å². The van der Waals surface area contributed by atoms with Gasteiger partial charge in [-0.2, -0.15) is 0 Å². The van der Waals surface area contributed by atoms with Crippen LogP contribution in [-0.2, 0) is 20.8 Å². The van der Waals surface area contributed by atoms with Crippen molar-refractivity contribution in [3.63, 3.8) is 0 Å². The maximum atomic E-state index is 14.1. The van der Waals surface area contributed by atoms with E-state index in [0.29, 0.717) is 24.3 Å². The lowest BCUT2D eigenvalue weighted by molar-refractivity contribution is -0.148. The number of anilines is 2. The molecule has 1 aromatic rings. The van der Waals surface area contributed by atoms with Crippen molar-refractivity contribution in [2.45, 2.75) is 38.3 Å². The number of fused-ring (bicyclic) bond motifs is 3. The fourth-order valence-corrected chi connectivity index (χ4v) is 6.63. The number of hydrogen-bond donors (Lipinski definition) is 6. The highest BCUT2D eigenvalue weighted by Crippen LogP contribution is 2.53. The van der Waals surface area contributed by atoms with Gasteiger partial charge in [0.15, 0.2) is 17.1 Å². The summed E-state index contributed by atoms with van der Waals surface area (Å²) in [7, 11) is 6.64. The zero-order valence-electron chi connectivity index (χ0n) is 25.1. The van der Waals surface area contributed by atoms with Crippen molar-refractivity contribution in [3.8, 4) is 5.75 Å². The summed E-state index contributed by atoms with van der Waals surface area (Å²) in [4.78, 5) is 57.6. The summed E-state index contributed by atoms with van der Waals surface area (Å²) < 4.78 is 0. The maximum Gasteiger partial charge on any atom is 0.255 e. The summed E-state index contributed by atoms with van der Waals surface area (Å²) in [6.45, 7) is 5.16. The second-order valence-electron chi connectivity index (χ2n) is 11.5. The molecule has 0 aliphatic heterocycles.